The van der Waals surface area contributed by atoms with Gasteiger partial charge >= 0.3 is 5.97 Å². The van der Waals surface area contributed by atoms with Crippen molar-refractivity contribution in [1.29, 1.82) is 0 Å². The minimum Gasteiger partial charge on any atom is -0.465 e. The number of benzene rings is 1. The summed E-state index contributed by atoms with van der Waals surface area (Å²) in [6.07, 6.45) is 0.893. The first-order valence-electron chi connectivity index (χ1n) is 7.87. The predicted octanol–water partition coefficient (Wildman–Crippen LogP) is 1.83. The highest BCUT2D eigenvalue weighted by Crippen LogP contribution is 2.28. The molecule has 0 radical (unpaired) electrons. The summed E-state index contributed by atoms with van der Waals surface area (Å²) in [4.78, 5) is 17.4. The average Bonchev–Trinajstić information content (AvgIpc) is 2.98. The van der Waals surface area contributed by atoms with E-state index in [1.165, 1.54) is 18.4 Å². The number of nitrogens with one attached hydrogen (secondary N) is 2. The van der Waals surface area contributed by atoms with Crippen molar-refractivity contribution in [3.8, 4) is 0 Å². The van der Waals surface area contributed by atoms with Crippen LogP contribution >= 0.6 is 12.2 Å². The van der Waals surface area contributed by atoms with E-state index in [9.17, 15) is 4.79 Å². The van der Waals surface area contributed by atoms with Gasteiger partial charge in [-0.2, -0.15) is 0 Å². The lowest BCUT2D eigenvalue weighted by Gasteiger charge is -2.29. The molecule has 3 rings (SSSR count). The Balaban J connectivity index is 1.84. The van der Waals surface area contributed by atoms with Crippen molar-refractivity contribution in [2.75, 3.05) is 33.9 Å². The Bertz CT molecular complexity index is 772. The molecule has 0 bridgehead atoms. The summed E-state index contributed by atoms with van der Waals surface area (Å²) in [5, 5.41) is 5.00. The second kappa shape index (κ2) is 7.19. The predicted molar refractivity (Wildman–Crippen MR) is 96.2 cm³/mol. The lowest BCUT2D eigenvalue weighted by Crippen LogP contribution is -2.43. The number of carbonyl (C=O) groups is 1. The van der Waals surface area contributed by atoms with Crippen molar-refractivity contribution in [3.05, 3.63) is 35.0 Å². The van der Waals surface area contributed by atoms with Gasteiger partial charge < -0.3 is 24.7 Å². The maximum atomic E-state index is 11.8. The molecule has 0 spiro atoms. The first-order chi connectivity index (χ1) is 11.6. The van der Waals surface area contributed by atoms with Crippen LogP contribution in [-0.2, 0) is 22.4 Å². The van der Waals surface area contributed by atoms with Gasteiger partial charge in [-0.05, 0) is 30.4 Å². The van der Waals surface area contributed by atoms with Crippen LogP contribution in [0.2, 0.25) is 0 Å². The zero-order valence-corrected chi connectivity index (χ0v) is 14.7. The number of thiocarbonyl (C=S) groups is 1. The summed E-state index contributed by atoms with van der Waals surface area (Å²) in [5.74, 6) is -0.323. The molecule has 7 heteroatoms. The molecule has 1 aromatic carbocycles. The van der Waals surface area contributed by atoms with Crippen LogP contribution in [0, 0.1) is 0 Å². The SMILES string of the molecule is COCCNC(=S)N1CCc2[nH]c3ccc(C(=O)OC)cc3c2C1. The molecule has 2 N–H and O–H groups in total. The molecule has 0 fully saturated rings. The number of hydrogen-bond donors (Lipinski definition) is 2. The van der Waals surface area contributed by atoms with E-state index in [2.05, 4.69) is 15.2 Å². The molecule has 2 aromatic rings. The summed E-state index contributed by atoms with van der Waals surface area (Å²) >= 11 is 5.47. The Morgan fingerprint density at radius 2 is 2.25 bits per heavy atom. The number of aromatic nitrogens is 1. The zero-order chi connectivity index (χ0) is 17.1. The minimum absolute atomic E-state index is 0.323. The van der Waals surface area contributed by atoms with E-state index in [0.717, 1.165) is 35.5 Å². The van der Waals surface area contributed by atoms with Gasteiger partial charge in [-0.25, -0.2) is 4.79 Å². The maximum Gasteiger partial charge on any atom is 0.337 e. The molecule has 0 aliphatic carbocycles. The van der Waals surface area contributed by atoms with Gasteiger partial charge in [0.05, 0.1) is 19.3 Å². The fraction of sp³-hybridized carbons (Fsp3) is 0.412. The van der Waals surface area contributed by atoms with Crippen LogP contribution in [0.5, 0.6) is 0 Å². The van der Waals surface area contributed by atoms with Gasteiger partial charge in [0.2, 0.25) is 0 Å². The quantitative estimate of drug-likeness (QED) is 0.500. The van der Waals surface area contributed by atoms with Crippen LogP contribution in [0.4, 0.5) is 0 Å². The van der Waals surface area contributed by atoms with Crippen LogP contribution in [0.15, 0.2) is 18.2 Å². The molecule has 6 nitrogen and oxygen atoms in total. The van der Waals surface area contributed by atoms with Crippen molar-refractivity contribution in [1.82, 2.24) is 15.2 Å². The summed E-state index contributed by atoms with van der Waals surface area (Å²) < 4.78 is 9.86. The third-order valence-electron chi connectivity index (χ3n) is 4.27. The number of hydrogen-bond acceptors (Lipinski definition) is 4. The van der Waals surface area contributed by atoms with Gasteiger partial charge in [-0.1, -0.05) is 0 Å². The molecule has 0 atom stereocenters. The fourth-order valence-electron chi connectivity index (χ4n) is 3.00. The van der Waals surface area contributed by atoms with E-state index in [1.54, 1.807) is 13.2 Å². The van der Waals surface area contributed by atoms with Gasteiger partial charge in [0.25, 0.3) is 0 Å². The monoisotopic (exact) mass is 347 g/mol. The molecular formula is C17H21N3O3S. The number of methoxy groups -OCH3 is 2. The molecule has 0 saturated carbocycles. The van der Waals surface area contributed by atoms with E-state index in [-0.39, 0.29) is 5.97 Å². The molecule has 1 aliphatic rings. The van der Waals surface area contributed by atoms with E-state index in [1.807, 2.05) is 12.1 Å². The van der Waals surface area contributed by atoms with E-state index >= 15 is 0 Å². The first kappa shape index (κ1) is 16.7. The number of nitrogens with zero attached hydrogens (tertiary/aromatic N) is 1. The fourth-order valence-corrected chi connectivity index (χ4v) is 3.26. The number of aromatic amines is 1. The Morgan fingerprint density at radius 1 is 1.42 bits per heavy atom. The number of carbonyl (C=O) groups excluding carboxylic acids is 1. The summed E-state index contributed by atoms with van der Waals surface area (Å²) in [5.41, 5.74) is 4.00. The molecule has 2 heterocycles. The minimum atomic E-state index is -0.323. The van der Waals surface area contributed by atoms with Crippen LogP contribution in [0.25, 0.3) is 10.9 Å². The van der Waals surface area contributed by atoms with E-state index in [0.29, 0.717) is 18.7 Å². The second-order valence-electron chi connectivity index (χ2n) is 5.73. The average molecular weight is 347 g/mol. The van der Waals surface area contributed by atoms with Crippen molar-refractivity contribution in [2.45, 2.75) is 13.0 Å². The number of rotatable bonds is 4. The Hall–Kier alpha value is -2.12. The van der Waals surface area contributed by atoms with Crippen LogP contribution in [-0.4, -0.2) is 54.9 Å². The van der Waals surface area contributed by atoms with Crippen LogP contribution < -0.4 is 5.32 Å². The summed E-state index contributed by atoms with van der Waals surface area (Å²) in [6, 6.07) is 5.60. The molecule has 128 valence electrons. The van der Waals surface area contributed by atoms with Crippen LogP contribution in [0.1, 0.15) is 21.6 Å². The molecule has 0 saturated heterocycles. The van der Waals surface area contributed by atoms with Crippen molar-refractivity contribution >= 4 is 34.2 Å². The van der Waals surface area contributed by atoms with E-state index in [4.69, 9.17) is 21.7 Å². The van der Waals surface area contributed by atoms with Crippen molar-refractivity contribution < 1.29 is 14.3 Å². The normalized spacial score (nSPS) is 13.7. The molecule has 1 aliphatic heterocycles. The highest BCUT2D eigenvalue weighted by molar-refractivity contribution is 7.80. The standard InChI is InChI=1S/C17H21N3O3S/c1-22-8-6-18-17(24)20-7-5-15-13(10-20)12-9-11(16(21)23-2)3-4-14(12)19-15/h3-4,9,19H,5-8,10H2,1-2H3,(H,18,24). The van der Waals surface area contributed by atoms with Crippen molar-refractivity contribution in [3.63, 3.8) is 0 Å². The third-order valence-corrected chi connectivity index (χ3v) is 4.67. The summed E-state index contributed by atoms with van der Waals surface area (Å²) in [6.45, 7) is 2.90. The molecular weight excluding hydrogens is 326 g/mol. The van der Waals surface area contributed by atoms with Crippen molar-refractivity contribution in [2.24, 2.45) is 0 Å². The van der Waals surface area contributed by atoms with Gasteiger partial charge in [0.1, 0.15) is 0 Å². The zero-order valence-electron chi connectivity index (χ0n) is 13.8. The van der Waals surface area contributed by atoms with Gasteiger partial charge in [-0.3, -0.25) is 0 Å². The number of ether oxygens (including phenoxy) is 2. The largest absolute Gasteiger partial charge is 0.465 e. The topological polar surface area (TPSA) is 66.6 Å². The number of esters is 1. The molecule has 0 amide bonds. The smallest absolute Gasteiger partial charge is 0.337 e. The summed E-state index contributed by atoms with van der Waals surface area (Å²) in [7, 11) is 3.06. The number of fused-ring (bicyclic) bond motifs is 3. The molecule has 1 aromatic heterocycles. The lowest BCUT2D eigenvalue weighted by atomic mass is 10.0. The second-order valence-corrected chi connectivity index (χ2v) is 6.12. The van der Waals surface area contributed by atoms with Gasteiger partial charge in [-0.15, -0.1) is 0 Å². The van der Waals surface area contributed by atoms with Crippen LogP contribution in [0.3, 0.4) is 0 Å². The molecule has 0 unspecified atom stereocenters. The Kier molecular flexibility index (Phi) is 5.01. The molecule has 24 heavy (non-hydrogen) atoms. The lowest BCUT2D eigenvalue weighted by molar-refractivity contribution is 0.0601. The highest BCUT2D eigenvalue weighted by atomic mass is 32.1. The highest BCUT2D eigenvalue weighted by Gasteiger charge is 2.22. The van der Waals surface area contributed by atoms with Gasteiger partial charge in [0.15, 0.2) is 5.11 Å². The first-order valence-corrected chi connectivity index (χ1v) is 8.28. The maximum absolute atomic E-state index is 11.8. The Morgan fingerprint density at radius 3 is 3.00 bits per heavy atom. The van der Waals surface area contributed by atoms with E-state index < -0.39 is 0 Å². The van der Waals surface area contributed by atoms with Gasteiger partial charge in [0, 0.05) is 55.3 Å². The third kappa shape index (κ3) is 3.22. The number of H-pyrrole nitrogens is 1. The Labute approximate surface area is 146 Å².